The van der Waals surface area contributed by atoms with Gasteiger partial charge in [0.25, 0.3) is 11.8 Å². The van der Waals surface area contributed by atoms with E-state index in [2.05, 4.69) is 40.6 Å². The van der Waals surface area contributed by atoms with Crippen LogP contribution in [0.15, 0.2) is 70.9 Å². The summed E-state index contributed by atoms with van der Waals surface area (Å²) in [5, 5.41) is 18.8. The number of nitrogens with zero attached hydrogens (tertiary/aromatic N) is 6. The zero-order valence-corrected chi connectivity index (χ0v) is 40.4. The molecule has 420 valence electrons. The lowest BCUT2D eigenvalue weighted by molar-refractivity contribution is -0.250. The minimum Gasteiger partial charge on any atom is -0.478 e. The minimum absolute atomic E-state index is 0. The van der Waals surface area contributed by atoms with Crippen LogP contribution in [0.4, 0.5) is 73.1 Å². The number of carboxylic acid groups (broad SMARTS) is 2. The summed E-state index contributed by atoms with van der Waals surface area (Å²) in [6, 6.07) is 4.73. The Morgan fingerprint density at radius 1 is 0.610 bits per heavy atom. The van der Waals surface area contributed by atoms with Gasteiger partial charge in [0.15, 0.2) is 0 Å². The summed E-state index contributed by atoms with van der Waals surface area (Å²) < 4.78 is 195. The van der Waals surface area contributed by atoms with Crippen molar-refractivity contribution < 1.29 is 106 Å². The number of nitrogens with one attached hydrogen (secondary N) is 2. The third-order valence-electron chi connectivity index (χ3n) is 10.4. The molecule has 0 bridgehead atoms. The number of carbonyl (C=O) groups excluding carboxylic acids is 2. The lowest BCUT2D eigenvalue weighted by Gasteiger charge is -2.40. The molecular formula is C42H36Cl2F14N10O9. The number of ether oxygens (including phenoxy) is 2. The van der Waals surface area contributed by atoms with Crippen LogP contribution in [0.2, 0.25) is 10.0 Å². The Kier molecular flexibility index (Phi) is 19.2. The van der Waals surface area contributed by atoms with Crippen molar-refractivity contribution in [3.8, 4) is 0 Å². The van der Waals surface area contributed by atoms with Crippen LogP contribution in [0.25, 0.3) is 0 Å². The molecule has 0 aromatic carbocycles. The van der Waals surface area contributed by atoms with Crippen molar-refractivity contribution in [1.82, 2.24) is 19.9 Å². The van der Waals surface area contributed by atoms with E-state index in [1.807, 2.05) is 0 Å². The maximum atomic E-state index is 14.5. The highest BCUT2D eigenvalue weighted by Gasteiger charge is 2.60. The number of carboxylic acids is 2. The topological polar surface area (TPSA) is 311 Å². The zero-order chi connectivity index (χ0) is 57.9. The van der Waals surface area contributed by atoms with Crippen LogP contribution in [0.3, 0.4) is 0 Å². The molecular weight excluding hydrogens is 1130 g/mol. The van der Waals surface area contributed by atoms with Crippen LogP contribution in [0.5, 0.6) is 0 Å². The fourth-order valence-electron chi connectivity index (χ4n) is 6.02. The highest BCUT2D eigenvalue weighted by Crippen LogP contribution is 2.43. The van der Waals surface area contributed by atoms with Crippen LogP contribution in [0, 0.1) is 11.6 Å². The molecule has 2 aliphatic heterocycles. The van der Waals surface area contributed by atoms with E-state index in [4.69, 9.17) is 54.4 Å². The molecule has 6 rings (SSSR count). The lowest BCUT2D eigenvalue weighted by atomic mass is 9.93. The van der Waals surface area contributed by atoms with Gasteiger partial charge in [-0.15, -0.1) is 0 Å². The van der Waals surface area contributed by atoms with Gasteiger partial charge in [-0.25, -0.2) is 38.3 Å². The molecule has 4 aromatic rings. The van der Waals surface area contributed by atoms with E-state index >= 15 is 0 Å². The van der Waals surface area contributed by atoms with Gasteiger partial charge < -0.3 is 47.3 Å². The number of hydrogen-bond donors (Lipinski definition) is 6. The predicted molar refractivity (Wildman–Crippen MR) is 240 cm³/mol. The van der Waals surface area contributed by atoms with Gasteiger partial charge in [0.1, 0.15) is 68.8 Å². The molecule has 0 fully saturated rings. The Morgan fingerprint density at radius 3 is 1.17 bits per heavy atom. The first-order valence-corrected chi connectivity index (χ1v) is 21.0. The summed E-state index contributed by atoms with van der Waals surface area (Å²) in [5.74, 6) is -9.14. The Bertz CT molecular complexity index is 2820. The molecule has 0 aliphatic carbocycles. The largest absolute Gasteiger partial charge is 0.478 e. The molecule has 4 atom stereocenters. The maximum Gasteiger partial charge on any atom is 0.424 e. The standard InChI is InChI=1S/2C19H15ClF7N5O2.C4H4O4.H2O/c2*1-16(7-34-17(2,15(28)32-16)19(25,26)27)13-10(21)3-4-11(30-13)31-14(33)12-9(20)5-8(6-29-12)18(22,23)24;5-3(6)1-2-4(7)8;/h2*3-6H,7H2,1-2H3,(H2,28,32)(H,30,31,33);1-2H,(H,5,6)(H,7,8);1H2/b;;2-1+;/t2*16-,17+;;/m00../s1. The molecule has 19 nitrogen and oxygen atoms in total. The number of aliphatic imine (C=N–C) groups is 2. The van der Waals surface area contributed by atoms with E-state index in [0.29, 0.717) is 50.5 Å². The highest BCUT2D eigenvalue weighted by atomic mass is 35.5. The Labute approximate surface area is 431 Å². The molecule has 0 spiro atoms. The van der Waals surface area contributed by atoms with E-state index < -0.39 is 151 Å². The number of aliphatic carboxylic acids is 2. The highest BCUT2D eigenvalue weighted by molar-refractivity contribution is 6.34. The SMILES string of the molecule is C[C@@]1(c2nc(NC(=O)c3ncc(C(F)(F)F)cc3Cl)ccc2F)CO[C@@](C)(C(F)(F)F)C(N)=N1.C[C@@]1(c2nc(NC(=O)c3ncc(C(F)(F)F)cc3Cl)ccc2F)CO[C@@](C)(C(F)(F)F)C(N)=N1.O.O=C(O)/C=C/C(=O)O. The number of alkyl halides is 12. The summed E-state index contributed by atoms with van der Waals surface area (Å²) in [4.78, 5) is 66.1. The van der Waals surface area contributed by atoms with Gasteiger partial charge in [-0.3, -0.25) is 19.6 Å². The van der Waals surface area contributed by atoms with Crippen LogP contribution in [-0.2, 0) is 42.5 Å². The van der Waals surface area contributed by atoms with Crippen molar-refractivity contribution in [2.45, 2.75) is 74.7 Å². The van der Waals surface area contributed by atoms with E-state index in [-0.39, 0.29) is 17.1 Å². The second kappa shape index (κ2) is 23.1. The number of aromatic nitrogens is 4. The number of rotatable bonds is 8. The number of halogens is 16. The van der Waals surface area contributed by atoms with Crippen LogP contribution < -0.4 is 22.1 Å². The number of amidine groups is 2. The molecule has 35 heteroatoms. The molecule has 0 radical (unpaired) electrons. The van der Waals surface area contributed by atoms with Crippen LogP contribution in [0.1, 0.15) is 71.2 Å². The average molecular weight is 1160 g/mol. The predicted octanol–water partition coefficient (Wildman–Crippen LogP) is 7.81. The van der Waals surface area contributed by atoms with Crippen molar-refractivity contribution in [3.05, 3.63) is 117 Å². The number of nitrogens with two attached hydrogens (primary N) is 2. The fourth-order valence-corrected chi connectivity index (χ4v) is 6.52. The average Bonchev–Trinajstić information content (AvgIpc) is 3.28. The first-order chi connectivity index (χ1) is 34.6. The fraction of sp³-hybridized carbons (Fsp3) is 0.333. The number of anilines is 2. The van der Waals surface area contributed by atoms with Gasteiger partial charge >= 0.3 is 36.6 Å². The van der Waals surface area contributed by atoms with E-state index in [9.17, 15) is 80.6 Å². The molecule has 0 saturated heterocycles. The third kappa shape index (κ3) is 14.8. The molecule has 0 saturated carbocycles. The minimum atomic E-state index is -4.89. The van der Waals surface area contributed by atoms with Crippen molar-refractivity contribution in [2.75, 3.05) is 23.8 Å². The van der Waals surface area contributed by atoms with E-state index in [1.165, 1.54) is 13.8 Å². The second-order valence-corrected chi connectivity index (χ2v) is 17.1. The number of hydrogen-bond acceptors (Lipinski definition) is 14. The Morgan fingerprint density at radius 2 is 0.922 bits per heavy atom. The summed E-state index contributed by atoms with van der Waals surface area (Å²) in [5.41, 5.74) is -2.85. The maximum absolute atomic E-state index is 14.5. The monoisotopic (exact) mass is 1160 g/mol. The molecule has 0 unspecified atom stereocenters. The zero-order valence-electron chi connectivity index (χ0n) is 38.9. The second-order valence-electron chi connectivity index (χ2n) is 16.3. The van der Waals surface area contributed by atoms with Crippen LogP contribution in [-0.4, -0.2) is 108 Å². The lowest BCUT2D eigenvalue weighted by Crippen LogP contribution is -2.60. The number of amides is 2. The van der Waals surface area contributed by atoms with E-state index in [1.54, 1.807) is 0 Å². The molecule has 6 heterocycles. The molecule has 2 aliphatic rings. The molecule has 77 heavy (non-hydrogen) atoms. The van der Waals surface area contributed by atoms with Crippen molar-refractivity contribution in [3.63, 3.8) is 0 Å². The first-order valence-electron chi connectivity index (χ1n) is 20.3. The molecule has 2 amide bonds. The van der Waals surface area contributed by atoms with E-state index in [0.717, 1.165) is 24.3 Å². The number of pyridine rings is 4. The third-order valence-corrected chi connectivity index (χ3v) is 11.0. The quantitative estimate of drug-likeness (QED) is 0.0724. The normalized spacial score (nSPS) is 21.7. The van der Waals surface area contributed by atoms with Crippen molar-refractivity contribution in [1.29, 1.82) is 0 Å². The van der Waals surface area contributed by atoms with Crippen molar-refractivity contribution in [2.24, 2.45) is 21.5 Å². The molecule has 10 N–H and O–H groups in total. The Balaban J connectivity index is 0.000000351. The van der Waals surface area contributed by atoms with Gasteiger partial charge in [-0.05, 0) is 64.1 Å². The van der Waals surface area contributed by atoms with Gasteiger partial charge in [0.05, 0.1) is 34.4 Å². The van der Waals surface area contributed by atoms with Crippen molar-refractivity contribution >= 4 is 70.3 Å². The number of carbonyl (C=O) groups is 4. The first kappa shape index (κ1) is 63.9. The smallest absolute Gasteiger partial charge is 0.424 e. The summed E-state index contributed by atoms with van der Waals surface area (Å²) >= 11 is 11.5. The summed E-state index contributed by atoms with van der Waals surface area (Å²) in [6.45, 7) is 2.29. The Hall–Kier alpha value is -7.36. The van der Waals surface area contributed by atoms with Gasteiger partial charge in [0, 0.05) is 24.5 Å². The van der Waals surface area contributed by atoms with Gasteiger partial charge in [0.2, 0.25) is 11.2 Å². The molecule has 4 aromatic heterocycles. The van der Waals surface area contributed by atoms with Gasteiger partial charge in [-0.1, -0.05) is 23.2 Å². The van der Waals surface area contributed by atoms with Crippen LogP contribution >= 0.6 is 23.2 Å². The summed E-state index contributed by atoms with van der Waals surface area (Å²) in [6.07, 6.45) is -17.3. The summed E-state index contributed by atoms with van der Waals surface area (Å²) in [7, 11) is 0. The van der Waals surface area contributed by atoms with Gasteiger partial charge in [-0.2, -0.15) is 52.7 Å².